The number of hydroxylamine groups is 4. The van der Waals surface area contributed by atoms with E-state index in [0.29, 0.717) is 6.61 Å². The van der Waals surface area contributed by atoms with Crippen LogP contribution in [0.25, 0.3) is 0 Å². The molecule has 0 saturated carbocycles. The smallest absolute Gasteiger partial charge is 0.196 e. The zero-order valence-corrected chi connectivity index (χ0v) is 12.8. The summed E-state index contributed by atoms with van der Waals surface area (Å²) in [5.41, 5.74) is -0.655. The summed E-state index contributed by atoms with van der Waals surface area (Å²) in [4.78, 5) is 0. The predicted octanol–water partition coefficient (Wildman–Crippen LogP) is 1.68. The molecule has 0 bridgehead atoms. The lowest BCUT2D eigenvalue weighted by atomic mass is 9.84. The van der Waals surface area contributed by atoms with Gasteiger partial charge < -0.3 is 15.0 Å². The van der Waals surface area contributed by atoms with E-state index in [0.717, 1.165) is 16.4 Å². The zero-order chi connectivity index (χ0) is 15.1. The third-order valence-corrected chi connectivity index (χ3v) is 4.69. The lowest BCUT2D eigenvalue weighted by molar-refractivity contribution is -0.926. The first kappa shape index (κ1) is 15.3. The van der Waals surface area contributed by atoms with Crippen LogP contribution in [0, 0.1) is 5.21 Å². The molecule has 0 aliphatic carbocycles. The topological polar surface area (TPSA) is 59.9 Å². The average Bonchev–Trinajstić information content (AvgIpc) is 2.51. The SMILES string of the molecule is CCOc1ccc(C2N([O])C(C)(C)C(C)(C)[NH+]2[O-])cc1. The summed E-state index contributed by atoms with van der Waals surface area (Å²) in [6.07, 6.45) is -0.726. The summed E-state index contributed by atoms with van der Waals surface area (Å²) >= 11 is 0. The van der Waals surface area contributed by atoms with Crippen LogP contribution in [0.4, 0.5) is 0 Å². The Morgan fingerprint density at radius 3 is 2.20 bits per heavy atom. The Labute approximate surface area is 120 Å². The van der Waals surface area contributed by atoms with Crippen molar-refractivity contribution in [2.75, 3.05) is 6.61 Å². The fraction of sp³-hybridized carbons (Fsp3) is 0.600. The van der Waals surface area contributed by atoms with Gasteiger partial charge in [-0.3, -0.25) is 0 Å². The first-order valence-corrected chi connectivity index (χ1v) is 6.97. The lowest BCUT2D eigenvalue weighted by Gasteiger charge is -2.38. The maximum absolute atomic E-state index is 12.6. The van der Waals surface area contributed by atoms with Gasteiger partial charge in [0.15, 0.2) is 6.17 Å². The van der Waals surface area contributed by atoms with Crippen LogP contribution in [0.1, 0.15) is 46.3 Å². The van der Waals surface area contributed by atoms with Crippen molar-refractivity contribution in [1.29, 1.82) is 0 Å². The second-order valence-corrected chi connectivity index (χ2v) is 6.28. The molecule has 111 valence electrons. The Morgan fingerprint density at radius 2 is 1.80 bits per heavy atom. The minimum absolute atomic E-state index is 0.0262. The van der Waals surface area contributed by atoms with Crippen LogP contribution in [0.15, 0.2) is 24.3 Å². The van der Waals surface area contributed by atoms with Crippen LogP contribution in [0.3, 0.4) is 0 Å². The fourth-order valence-electron chi connectivity index (χ4n) is 2.55. The number of quaternary nitrogens is 1. The quantitative estimate of drug-likeness (QED) is 0.856. The lowest BCUT2D eigenvalue weighted by Crippen LogP contribution is -3.14. The minimum atomic E-state index is -0.726. The molecule has 1 N–H and O–H groups in total. The van der Waals surface area contributed by atoms with Crippen molar-refractivity contribution in [3.63, 3.8) is 0 Å². The number of ether oxygens (including phenoxy) is 1. The van der Waals surface area contributed by atoms with E-state index in [1.807, 2.05) is 34.6 Å². The predicted molar refractivity (Wildman–Crippen MR) is 75.4 cm³/mol. The van der Waals surface area contributed by atoms with Gasteiger partial charge in [-0.25, -0.2) is 0 Å². The number of benzene rings is 1. The molecule has 1 aromatic carbocycles. The van der Waals surface area contributed by atoms with Crippen LogP contribution in [-0.2, 0) is 5.21 Å². The second-order valence-electron chi connectivity index (χ2n) is 6.28. The molecule has 5 heteroatoms. The number of nitrogens with one attached hydrogen (secondary N) is 1. The number of hydrogen-bond donors (Lipinski definition) is 1. The highest BCUT2D eigenvalue weighted by Crippen LogP contribution is 2.37. The molecule has 1 fully saturated rings. The van der Waals surface area contributed by atoms with E-state index in [9.17, 15) is 10.4 Å². The van der Waals surface area contributed by atoms with Crippen molar-refractivity contribution in [1.82, 2.24) is 5.06 Å². The van der Waals surface area contributed by atoms with Crippen LogP contribution in [0.5, 0.6) is 5.75 Å². The Balaban J connectivity index is 2.33. The summed E-state index contributed by atoms with van der Waals surface area (Å²) in [6, 6.07) is 7.21. The molecule has 20 heavy (non-hydrogen) atoms. The number of nitrogens with zero attached hydrogens (tertiary/aromatic N) is 1. The molecular formula is C15H23N2O3. The third-order valence-electron chi connectivity index (χ3n) is 4.69. The maximum atomic E-state index is 12.6. The maximum Gasteiger partial charge on any atom is 0.196 e. The molecule has 1 aliphatic heterocycles. The molecule has 5 nitrogen and oxygen atoms in total. The molecule has 0 aromatic heterocycles. The third kappa shape index (κ3) is 2.11. The van der Waals surface area contributed by atoms with Crippen molar-refractivity contribution >= 4 is 0 Å². The van der Waals surface area contributed by atoms with E-state index < -0.39 is 17.2 Å². The van der Waals surface area contributed by atoms with Crippen LogP contribution in [0.2, 0.25) is 0 Å². The monoisotopic (exact) mass is 279 g/mol. The van der Waals surface area contributed by atoms with Gasteiger partial charge in [0.05, 0.1) is 6.61 Å². The van der Waals surface area contributed by atoms with E-state index in [4.69, 9.17) is 4.74 Å². The highest BCUT2D eigenvalue weighted by Gasteiger charge is 2.60. The van der Waals surface area contributed by atoms with E-state index in [2.05, 4.69) is 0 Å². The van der Waals surface area contributed by atoms with Crippen molar-refractivity contribution in [2.45, 2.75) is 51.9 Å². The Kier molecular flexibility index (Phi) is 3.81. The summed E-state index contributed by atoms with van der Waals surface area (Å²) in [7, 11) is 0. The van der Waals surface area contributed by atoms with E-state index in [1.54, 1.807) is 24.3 Å². The van der Waals surface area contributed by atoms with Gasteiger partial charge >= 0.3 is 0 Å². The average molecular weight is 279 g/mol. The fourth-order valence-corrected chi connectivity index (χ4v) is 2.55. The van der Waals surface area contributed by atoms with Crippen molar-refractivity contribution in [3.8, 4) is 5.75 Å². The van der Waals surface area contributed by atoms with Gasteiger partial charge in [0.1, 0.15) is 16.8 Å². The summed E-state index contributed by atoms with van der Waals surface area (Å²) in [5, 5.41) is 26.0. The van der Waals surface area contributed by atoms with Gasteiger partial charge in [0.2, 0.25) is 0 Å². The minimum Gasteiger partial charge on any atom is -0.632 e. The molecule has 1 saturated heterocycles. The van der Waals surface area contributed by atoms with Crippen LogP contribution >= 0.6 is 0 Å². The van der Waals surface area contributed by atoms with Crippen LogP contribution in [-0.4, -0.2) is 22.7 Å². The van der Waals surface area contributed by atoms with Crippen molar-refractivity contribution in [2.24, 2.45) is 0 Å². The standard InChI is InChI=1S/C15H23N2O3/c1-6-20-12-9-7-11(8-10-12)13-16(18)14(2,3)15(4,5)17(13)19/h7-10,13,16H,6H2,1-5H3. The molecule has 2 rings (SSSR count). The van der Waals surface area contributed by atoms with E-state index in [-0.39, 0.29) is 5.06 Å². The summed E-state index contributed by atoms with van der Waals surface area (Å²) in [6.45, 7) is 9.84. The van der Waals surface area contributed by atoms with Gasteiger partial charge in [-0.2, -0.15) is 0 Å². The first-order chi connectivity index (χ1) is 9.23. The van der Waals surface area contributed by atoms with Gasteiger partial charge in [-0.05, 0) is 58.9 Å². The molecule has 0 spiro atoms. The second kappa shape index (κ2) is 5.00. The highest BCUT2D eigenvalue weighted by atomic mass is 16.6. The van der Waals surface area contributed by atoms with E-state index >= 15 is 0 Å². The van der Waals surface area contributed by atoms with Gasteiger partial charge in [-0.1, -0.05) is 5.06 Å². The van der Waals surface area contributed by atoms with E-state index in [1.165, 1.54) is 0 Å². The van der Waals surface area contributed by atoms with Crippen LogP contribution < -0.4 is 9.80 Å². The van der Waals surface area contributed by atoms with Gasteiger partial charge in [-0.15, -0.1) is 5.21 Å². The largest absolute Gasteiger partial charge is 0.632 e. The summed E-state index contributed by atoms with van der Waals surface area (Å²) in [5.74, 6) is 0.748. The Hall–Kier alpha value is -1.14. The Bertz CT molecular complexity index is 451. The normalized spacial score (nSPS) is 28.6. The molecule has 2 atom stereocenters. The van der Waals surface area contributed by atoms with Crippen molar-refractivity contribution in [3.05, 3.63) is 35.0 Å². The number of hydrogen-bond acceptors (Lipinski definition) is 3. The van der Waals surface area contributed by atoms with Gasteiger partial charge in [0.25, 0.3) is 0 Å². The first-order valence-electron chi connectivity index (χ1n) is 6.97. The number of rotatable bonds is 3. The molecule has 1 radical (unpaired) electrons. The molecule has 2 unspecified atom stereocenters. The summed E-state index contributed by atoms with van der Waals surface area (Å²) < 4.78 is 5.38. The van der Waals surface area contributed by atoms with Gasteiger partial charge in [0, 0.05) is 5.56 Å². The van der Waals surface area contributed by atoms with Crippen molar-refractivity contribution < 1.29 is 15.0 Å². The zero-order valence-electron chi connectivity index (χ0n) is 12.8. The molecule has 1 heterocycles. The molecule has 0 amide bonds. The molecule has 1 aromatic rings. The Morgan fingerprint density at radius 1 is 1.25 bits per heavy atom. The molecule has 1 aliphatic rings. The highest BCUT2D eigenvalue weighted by molar-refractivity contribution is 5.29. The molecular weight excluding hydrogens is 256 g/mol.